The second-order valence-corrected chi connectivity index (χ2v) is 6.79. The van der Waals surface area contributed by atoms with Gasteiger partial charge in [-0.2, -0.15) is 4.98 Å². The van der Waals surface area contributed by atoms with Crippen molar-refractivity contribution in [2.75, 3.05) is 24.2 Å². The maximum atomic E-state index is 10.6. The maximum Gasteiger partial charge on any atom is 0.224 e. The summed E-state index contributed by atoms with van der Waals surface area (Å²) in [4.78, 5) is 8.29. The highest BCUT2D eigenvalue weighted by atomic mass is 35.5. The molecular weight excluding hydrogens is 276 g/mol. The molecule has 0 unspecified atom stereocenters. The molecule has 1 aromatic heterocycles. The molecule has 0 radical (unpaired) electrons. The Labute approximate surface area is 125 Å². The molecule has 0 amide bonds. The van der Waals surface area contributed by atoms with E-state index in [-0.39, 0.29) is 0 Å². The molecule has 0 aliphatic heterocycles. The van der Waals surface area contributed by atoms with Crippen LogP contribution in [0.2, 0.25) is 5.02 Å². The van der Waals surface area contributed by atoms with Crippen LogP contribution in [0.5, 0.6) is 0 Å². The first-order chi connectivity index (χ1) is 9.34. The lowest BCUT2D eigenvalue weighted by atomic mass is 9.71. The van der Waals surface area contributed by atoms with Gasteiger partial charge in [0.15, 0.2) is 5.82 Å². The molecule has 0 saturated heterocycles. The molecule has 2 rings (SSSR count). The maximum absolute atomic E-state index is 10.6. The van der Waals surface area contributed by atoms with Crippen LogP contribution in [0.25, 0.3) is 0 Å². The summed E-state index contributed by atoms with van der Waals surface area (Å²) in [5, 5.41) is 17.1. The summed E-state index contributed by atoms with van der Waals surface area (Å²) in [6.45, 7) is 4.96. The Morgan fingerprint density at radius 2 is 1.95 bits per heavy atom. The van der Waals surface area contributed by atoms with E-state index in [9.17, 15) is 5.11 Å². The van der Waals surface area contributed by atoms with Crippen LogP contribution < -0.4 is 10.6 Å². The summed E-state index contributed by atoms with van der Waals surface area (Å²) in [5.41, 5.74) is -0.346. The van der Waals surface area contributed by atoms with Crippen molar-refractivity contribution < 1.29 is 5.11 Å². The highest BCUT2D eigenvalue weighted by molar-refractivity contribution is 6.32. The monoisotopic (exact) mass is 298 g/mol. The summed E-state index contributed by atoms with van der Waals surface area (Å²) in [5.74, 6) is 1.07. The zero-order valence-corrected chi connectivity index (χ0v) is 13.1. The minimum Gasteiger partial charge on any atom is -0.388 e. The molecule has 1 fully saturated rings. The molecular formula is C14H23ClN4O. The van der Waals surface area contributed by atoms with Crippen LogP contribution in [0.1, 0.15) is 39.5 Å². The summed E-state index contributed by atoms with van der Waals surface area (Å²) < 4.78 is 0. The fourth-order valence-corrected chi connectivity index (χ4v) is 2.59. The number of nitrogens with zero attached hydrogens (tertiary/aromatic N) is 2. The molecule has 0 atom stereocenters. The predicted molar refractivity (Wildman–Crippen MR) is 82.3 cm³/mol. The van der Waals surface area contributed by atoms with E-state index in [1.165, 1.54) is 0 Å². The Balaban J connectivity index is 1.98. The first-order valence-corrected chi connectivity index (χ1v) is 7.38. The largest absolute Gasteiger partial charge is 0.388 e. The first-order valence-electron chi connectivity index (χ1n) is 7.00. The standard InChI is InChI=1S/C14H23ClN4O/c1-13(2)4-6-14(20,7-5-13)9-18-11-10(15)8-17-12(16-3)19-11/h8,20H,4-7,9H2,1-3H3,(H2,16,17,18,19). The minimum absolute atomic E-state index is 0.331. The third-order valence-electron chi connectivity index (χ3n) is 4.09. The number of nitrogens with one attached hydrogen (secondary N) is 2. The molecule has 1 heterocycles. The second-order valence-electron chi connectivity index (χ2n) is 6.38. The summed E-state index contributed by atoms with van der Waals surface area (Å²) in [7, 11) is 1.75. The van der Waals surface area contributed by atoms with E-state index in [1.54, 1.807) is 13.2 Å². The second kappa shape index (κ2) is 5.74. The van der Waals surface area contributed by atoms with E-state index >= 15 is 0 Å². The summed E-state index contributed by atoms with van der Waals surface area (Å²) >= 11 is 6.06. The van der Waals surface area contributed by atoms with Gasteiger partial charge in [-0.15, -0.1) is 0 Å². The first kappa shape index (κ1) is 15.3. The number of hydrogen-bond acceptors (Lipinski definition) is 5. The van der Waals surface area contributed by atoms with Gasteiger partial charge in [0.2, 0.25) is 5.95 Å². The molecule has 1 saturated carbocycles. The van der Waals surface area contributed by atoms with E-state index in [0.717, 1.165) is 25.7 Å². The van der Waals surface area contributed by atoms with Crippen molar-refractivity contribution in [3.63, 3.8) is 0 Å². The van der Waals surface area contributed by atoms with E-state index < -0.39 is 5.60 Å². The van der Waals surface area contributed by atoms with E-state index in [4.69, 9.17) is 11.6 Å². The lowest BCUT2D eigenvalue weighted by molar-refractivity contribution is -0.0145. The van der Waals surface area contributed by atoms with Crippen molar-refractivity contribution >= 4 is 23.4 Å². The summed E-state index contributed by atoms with van der Waals surface area (Å²) in [6, 6.07) is 0. The van der Waals surface area contributed by atoms with E-state index in [1.807, 2.05) is 0 Å². The van der Waals surface area contributed by atoms with Crippen molar-refractivity contribution in [2.24, 2.45) is 5.41 Å². The average molecular weight is 299 g/mol. The molecule has 112 valence electrons. The van der Waals surface area contributed by atoms with Crippen LogP contribution >= 0.6 is 11.6 Å². The lowest BCUT2D eigenvalue weighted by Crippen LogP contribution is -2.42. The highest BCUT2D eigenvalue weighted by Crippen LogP contribution is 2.40. The number of rotatable bonds is 4. The van der Waals surface area contributed by atoms with Crippen LogP contribution in [0.15, 0.2) is 6.20 Å². The average Bonchev–Trinajstić information content (AvgIpc) is 2.42. The zero-order chi connectivity index (χ0) is 14.8. The Morgan fingerprint density at radius 3 is 2.55 bits per heavy atom. The van der Waals surface area contributed by atoms with Gasteiger partial charge in [-0.3, -0.25) is 0 Å². The molecule has 1 aliphatic carbocycles. The Hall–Kier alpha value is -1.07. The lowest BCUT2D eigenvalue weighted by Gasteiger charge is -2.40. The van der Waals surface area contributed by atoms with Gasteiger partial charge in [0.1, 0.15) is 5.02 Å². The van der Waals surface area contributed by atoms with Crippen LogP contribution in [-0.4, -0.2) is 34.3 Å². The third kappa shape index (κ3) is 3.73. The zero-order valence-electron chi connectivity index (χ0n) is 12.3. The predicted octanol–water partition coefficient (Wildman–Crippen LogP) is 2.91. The smallest absolute Gasteiger partial charge is 0.224 e. The number of aromatic nitrogens is 2. The van der Waals surface area contributed by atoms with Crippen molar-refractivity contribution in [3.8, 4) is 0 Å². The fraction of sp³-hybridized carbons (Fsp3) is 0.714. The number of aliphatic hydroxyl groups is 1. The van der Waals surface area contributed by atoms with Gasteiger partial charge < -0.3 is 15.7 Å². The number of anilines is 2. The normalized spacial score (nSPS) is 20.4. The van der Waals surface area contributed by atoms with E-state index in [2.05, 4.69) is 34.4 Å². The van der Waals surface area contributed by atoms with Gasteiger partial charge in [0, 0.05) is 13.6 Å². The van der Waals surface area contributed by atoms with Gasteiger partial charge >= 0.3 is 0 Å². The van der Waals surface area contributed by atoms with Crippen LogP contribution in [-0.2, 0) is 0 Å². The number of halogens is 1. The quantitative estimate of drug-likeness (QED) is 0.797. The van der Waals surface area contributed by atoms with Gasteiger partial charge in [-0.25, -0.2) is 4.98 Å². The highest BCUT2D eigenvalue weighted by Gasteiger charge is 2.36. The van der Waals surface area contributed by atoms with Crippen molar-refractivity contribution in [3.05, 3.63) is 11.2 Å². The Kier molecular flexibility index (Phi) is 4.39. The minimum atomic E-state index is -0.677. The molecule has 3 N–H and O–H groups in total. The molecule has 6 heteroatoms. The van der Waals surface area contributed by atoms with Gasteiger partial charge in [-0.1, -0.05) is 25.4 Å². The van der Waals surface area contributed by atoms with Gasteiger partial charge in [-0.05, 0) is 31.1 Å². The summed E-state index contributed by atoms with van der Waals surface area (Å²) in [6.07, 6.45) is 5.22. The van der Waals surface area contributed by atoms with Crippen LogP contribution in [0, 0.1) is 5.41 Å². The molecule has 5 nitrogen and oxygen atoms in total. The van der Waals surface area contributed by atoms with Crippen molar-refractivity contribution in [2.45, 2.75) is 45.1 Å². The molecule has 0 spiro atoms. The molecule has 1 aliphatic rings. The van der Waals surface area contributed by atoms with E-state index in [0.29, 0.717) is 28.7 Å². The van der Waals surface area contributed by atoms with Crippen LogP contribution in [0.3, 0.4) is 0 Å². The Morgan fingerprint density at radius 1 is 1.30 bits per heavy atom. The Bertz CT molecular complexity index is 468. The topological polar surface area (TPSA) is 70.1 Å². The van der Waals surface area contributed by atoms with Gasteiger partial charge in [0.25, 0.3) is 0 Å². The van der Waals surface area contributed by atoms with Crippen molar-refractivity contribution in [1.82, 2.24) is 9.97 Å². The number of hydrogen-bond donors (Lipinski definition) is 3. The van der Waals surface area contributed by atoms with Crippen LogP contribution in [0.4, 0.5) is 11.8 Å². The molecule has 0 aromatic carbocycles. The molecule has 20 heavy (non-hydrogen) atoms. The SMILES string of the molecule is CNc1ncc(Cl)c(NCC2(O)CCC(C)(C)CC2)n1. The third-order valence-corrected chi connectivity index (χ3v) is 4.36. The fourth-order valence-electron chi connectivity index (χ4n) is 2.43. The molecule has 1 aromatic rings. The van der Waals surface area contributed by atoms with Crippen molar-refractivity contribution in [1.29, 1.82) is 0 Å². The van der Waals surface area contributed by atoms with Gasteiger partial charge in [0.05, 0.1) is 11.8 Å². The molecule has 0 bridgehead atoms.